The van der Waals surface area contributed by atoms with E-state index in [0.29, 0.717) is 0 Å². The average Bonchev–Trinajstić information content (AvgIpc) is 2.26. The molecule has 1 aromatic carbocycles. The van der Waals surface area contributed by atoms with E-state index in [1.54, 1.807) is 4.72 Å². The van der Waals surface area contributed by atoms with Crippen molar-refractivity contribution in [2.24, 2.45) is 0 Å². The Bertz CT molecular complexity index is 618. The number of rotatable bonds is 5. The summed E-state index contributed by atoms with van der Waals surface area (Å²) < 4.78 is 61.4. The van der Waals surface area contributed by atoms with Crippen molar-refractivity contribution < 1.29 is 26.5 Å². The summed E-state index contributed by atoms with van der Waals surface area (Å²) in [5.74, 6) is 0. The highest BCUT2D eigenvalue weighted by atomic mass is 79.9. The number of nitrogens with zero attached hydrogens (tertiary/aromatic N) is 1. The summed E-state index contributed by atoms with van der Waals surface area (Å²) in [4.78, 5) is 9.11. The smallest absolute Gasteiger partial charge is 0.258 e. The molecule has 0 aliphatic carbocycles. The fourth-order valence-electron chi connectivity index (χ4n) is 1.26. The summed E-state index contributed by atoms with van der Waals surface area (Å²) in [6, 6.07) is 3.16. The molecule has 0 saturated carbocycles. The van der Waals surface area contributed by atoms with E-state index in [1.807, 2.05) is 0 Å². The van der Waals surface area contributed by atoms with Gasteiger partial charge in [-0.25, -0.2) is 13.1 Å². The third-order valence-corrected chi connectivity index (χ3v) is 4.09. The molecule has 0 bridgehead atoms. The van der Waals surface area contributed by atoms with Crippen LogP contribution in [0.1, 0.15) is 6.42 Å². The topological polar surface area (TPSA) is 89.3 Å². The minimum Gasteiger partial charge on any atom is -0.258 e. The largest absolute Gasteiger partial charge is 0.390 e. The van der Waals surface area contributed by atoms with E-state index in [1.165, 1.54) is 6.07 Å². The van der Waals surface area contributed by atoms with Gasteiger partial charge in [0.05, 0.1) is 11.3 Å². The lowest BCUT2D eigenvalue weighted by molar-refractivity contribution is -0.387. The number of sulfonamides is 1. The summed E-state index contributed by atoms with van der Waals surface area (Å²) in [6.45, 7) is -0.893. The second-order valence-corrected chi connectivity index (χ2v) is 6.28. The van der Waals surface area contributed by atoms with Crippen LogP contribution in [0.5, 0.6) is 0 Å². The quantitative estimate of drug-likeness (QED) is 0.631. The monoisotopic (exact) mass is 376 g/mol. The molecule has 0 radical (unpaired) electrons. The standard InChI is InChI=1S/C9H8BrF3N2O4S/c10-6-1-2-7(15(16)17)8(5-6)20(18,19)14-4-3-9(11,12)13/h1-2,5,14H,3-4H2. The van der Waals surface area contributed by atoms with E-state index in [2.05, 4.69) is 15.9 Å². The molecule has 0 fully saturated rings. The lowest BCUT2D eigenvalue weighted by Gasteiger charge is -2.09. The molecule has 0 unspecified atom stereocenters. The fraction of sp³-hybridized carbons (Fsp3) is 0.333. The maximum atomic E-state index is 12.0. The molecule has 0 atom stereocenters. The number of hydrogen-bond donors (Lipinski definition) is 1. The van der Waals surface area contributed by atoms with Gasteiger partial charge >= 0.3 is 6.18 Å². The van der Waals surface area contributed by atoms with Gasteiger partial charge in [-0.3, -0.25) is 10.1 Å². The van der Waals surface area contributed by atoms with Crippen molar-refractivity contribution in [3.8, 4) is 0 Å². The molecule has 1 rings (SSSR count). The second-order valence-electron chi connectivity index (χ2n) is 3.63. The van der Waals surface area contributed by atoms with Gasteiger partial charge in [0.2, 0.25) is 10.0 Å². The Morgan fingerprint density at radius 1 is 1.35 bits per heavy atom. The van der Waals surface area contributed by atoms with Gasteiger partial charge < -0.3 is 0 Å². The summed E-state index contributed by atoms with van der Waals surface area (Å²) in [7, 11) is -4.40. The van der Waals surface area contributed by atoms with Crippen LogP contribution in [-0.4, -0.2) is 26.1 Å². The van der Waals surface area contributed by atoms with E-state index in [0.717, 1.165) is 12.1 Å². The Balaban J connectivity index is 3.03. The van der Waals surface area contributed by atoms with E-state index >= 15 is 0 Å². The zero-order chi connectivity index (χ0) is 15.6. The predicted molar refractivity (Wildman–Crippen MR) is 66.7 cm³/mol. The van der Waals surface area contributed by atoms with Crippen molar-refractivity contribution in [3.63, 3.8) is 0 Å². The summed E-state index contributed by atoms with van der Waals surface area (Å²) >= 11 is 2.94. The Morgan fingerprint density at radius 2 is 1.95 bits per heavy atom. The number of nitro groups is 1. The minimum absolute atomic E-state index is 0.249. The highest BCUT2D eigenvalue weighted by molar-refractivity contribution is 9.10. The van der Waals surface area contributed by atoms with Crippen LogP contribution in [0.2, 0.25) is 0 Å². The molecule has 1 N–H and O–H groups in total. The third-order valence-electron chi connectivity index (χ3n) is 2.11. The summed E-state index contributed by atoms with van der Waals surface area (Å²) in [5, 5.41) is 10.7. The molecule has 112 valence electrons. The van der Waals surface area contributed by atoms with Crippen LogP contribution in [-0.2, 0) is 10.0 Å². The lowest BCUT2D eigenvalue weighted by atomic mass is 10.3. The van der Waals surface area contributed by atoms with Crippen molar-refractivity contribution in [2.75, 3.05) is 6.54 Å². The van der Waals surface area contributed by atoms with Crippen LogP contribution in [0.25, 0.3) is 0 Å². The first-order chi connectivity index (χ1) is 9.03. The SMILES string of the molecule is O=[N+]([O-])c1ccc(Br)cc1S(=O)(=O)NCCC(F)(F)F. The molecule has 0 aromatic heterocycles. The predicted octanol–water partition coefficient (Wildman–Crippen LogP) is 2.59. The maximum absolute atomic E-state index is 12.0. The molecule has 0 aliphatic rings. The number of benzene rings is 1. The number of alkyl halides is 3. The van der Waals surface area contributed by atoms with Crippen molar-refractivity contribution in [1.82, 2.24) is 4.72 Å². The highest BCUT2D eigenvalue weighted by Gasteiger charge is 2.30. The Labute approximate surface area is 120 Å². The summed E-state index contributed by atoms with van der Waals surface area (Å²) in [5.41, 5.74) is -0.715. The first-order valence-corrected chi connectivity index (χ1v) is 7.31. The molecule has 0 amide bonds. The van der Waals surface area contributed by atoms with Crippen LogP contribution in [0, 0.1) is 10.1 Å². The van der Waals surface area contributed by atoms with E-state index in [-0.39, 0.29) is 4.47 Å². The molecule has 6 nitrogen and oxygen atoms in total. The van der Waals surface area contributed by atoms with E-state index in [4.69, 9.17) is 0 Å². The van der Waals surface area contributed by atoms with E-state index in [9.17, 15) is 31.7 Å². The van der Waals surface area contributed by atoms with Crippen LogP contribution in [0.4, 0.5) is 18.9 Å². The molecule has 0 heterocycles. The Hall–Kier alpha value is -1.20. The molecule has 0 spiro atoms. The number of nitrogens with one attached hydrogen (secondary N) is 1. The number of hydrogen-bond acceptors (Lipinski definition) is 4. The molecular weight excluding hydrogens is 369 g/mol. The molecule has 0 aliphatic heterocycles. The zero-order valence-electron chi connectivity index (χ0n) is 9.65. The first-order valence-electron chi connectivity index (χ1n) is 5.03. The van der Waals surface area contributed by atoms with Gasteiger partial charge in [0, 0.05) is 17.1 Å². The number of halogens is 4. The van der Waals surface area contributed by atoms with Crippen molar-refractivity contribution in [1.29, 1.82) is 0 Å². The molecule has 20 heavy (non-hydrogen) atoms. The van der Waals surface area contributed by atoms with Gasteiger partial charge in [0.25, 0.3) is 5.69 Å². The van der Waals surface area contributed by atoms with Crippen molar-refractivity contribution >= 4 is 31.6 Å². The third kappa shape index (κ3) is 4.72. The van der Waals surface area contributed by atoms with Crippen LogP contribution < -0.4 is 4.72 Å². The number of nitro benzene ring substituents is 1. The van der Waals surface area contributed by atoms with Crippen molar-refractivity contribution in [3.05, 3.63) is 32.8 Å². The van der Waals surface area contributed by atoms with Crippen molar-refractivity contribution in [2.45, 2.75) is 17.5 Å². The van der Waals surface area contributed by atoms with E-state index < -0.39 is 44.7 Å². The molecule has 1 aromatic rings. The second kappa shape index (κ2) is 6.06. The van der Waals surface area contributed by atoms with Gasteiger partial charge in [-0.2, -0.15) is 13.2 Å². The van der Waals surface area contributed by atoms with Crippen LogP contribution >= 0.6 is 15.9 Å². The maximum Gasteiger partial charge on any atom is 0.390 e. The minimum atomic E-state index is -4.52. The molecule has 0 saturated heterocycles. The normalized spacial score (nSPS) is 12.4. The van der Waals surface area contributed by atoms with Crippen LogP contribution in [0.15, 0.2) is 27.6 Å². The fourth-order valence-corrected chi connectivity index (χ4v) is 3.00. The summed E-state index contributed by atoms with van der Waals surface area (Å²) in [6.07, 6.45) is -5.89. The lowest BCUT2D eigenvalue weighted by Crippen LogP contribution is -2.28. The van der Waals surface area contributed by atoms with Gasteiger partial charge in [0.1, 0.15) is 0 Å². The van der Waals surface area contributed by atoms with Gasteiger partial charge in [-0.1, -0.05) is 15.9 Å². The zero-order valence-corrected chi connectivity index (χ0v) is 12.0. The van der Waals surface area contributed by atoms with Gasteiger partial charge in [-0.05, 0) is 12.1 Å². The first kappa shape index (κ1) is 16.9. The highest BCUT2D eigenvalue weighted by Crippen LogP contribution is 2.27. The average molecular weight is 377 g/mol. The molecule has 11 heteroatoms. The Morgan fingerprint density at radius 3 is 2.45 bits per heavy atom. The van der Waals surface area contributed by atoms with Gasteiger partial charge in [0.15, 0.2) is 4.90 Å². The van der Waals surface area contributed by atoms with Crippen LogP contribution in [0.3, 0.4) is 0 Å². The Kier molecular flexibility index (Phi) is 5.10. The molecular formula is C9H8BrF3N2O4S. The van der Waals surface area contributed by atoms with Gasteiger partial charge in [-0.15, -0.1) is 0 Å².